The van der Waals surface area contributed by atoms with Crippen molar-refractivity contribution in [2.45, 2.75) is 71.7 Å². The Labute approximate surface area is 103 Å². The fourth-order valence-electron chi connectivity index (χ4n) is 1.48. The Balaban J connectivity index is 4.24. The molecule has 1 N–H and O–H groups in total. The molecule has 0 spiro atoms. The zero-order valence-corrected chi connectivity index (χ0v) is 13.1. The topological polar surface area (TPSA) is 29.5 Å². The quantitative estimate of drug-likeness (QED) is 0.722. The summed E-state index contributed by atoms with van der Waals surface area (Å²) in [5.74, 6) is 0.379. The highest BCUT2D eigenvalue weighted by molar-refractivity contribution is 6.74. The van der Waals surface area contributed by atoms with Crippen molar-refractivity contribution < 1.29 is 9.53 Å². The summed E-state index contributed by atoms with van der Waals surface area (Å²) in [4.78, 5) is 0. The first-order chi connectivity index (χ1) is 7.15. The van der Waals surface area contributed by atoms with Crippen LogP contribution in [0.25, 0.3) is 0 Å². The fourth-order valence-corrected chi connectivity index (χ4v) is 2.50. The highest BCUT2D eigenvalue weighted by atomic mass is 28.4. The van der Waals surface area contributed by atoms with E-state index in [9.17, 15) is 5.11 Å². The van der Waals surface area contributed by atoms with E-state index in [4.69, 9.17) is 4.43 Å². The maximum absolute atomic E-state index is 10.0. The monoisotopic (exact) mass is 246 g/mol. The molecule has 16 heavy (non-hydrogen) atoms. The van der Waals surface area contributed by atoms with E-state index in [1.807, 2.05) is 0 Å². The first-order valence-electron chi connectivity index (χ1n) is 6.47. The van der Waals surface area contributed by atoms with Crippen LogP contribution in [0.5, 0.6) is 0 Å². The lowest BCUT2D eigenvalue weighted by Gasteiger charge is -2.37. The lowest BCUT2D eigenvalue weighted by atomic mass is 9.97. The third kappa shape index (κ3) is 4.56. The lowest BCUT2D eigenvalue weighted by molar-refractivity contribution is 0.0483. The number of hydrogen-bond acceptors (Lipinski definition) is 2. The SMILES string of the molecule is CCC(CC)C(O)CO[Si](C)(C)C(C)(C)C. The zero-order chi connectivity index (χ0) is 13.0. The molecule has 0 amide bonds. The molecule has 2 nitrogen and oxygen atoms in total. The molecule has 0 aliphatic heterocycles. The Morgan fingerprint density at radius 1 is 1.12 bits per heavy atom. The Morgan fingerprint density at radius 3 is 1.88 bits per heavy atom. The third-order valence-electron chi connectivity index (χ3n) is 4.01. The average Bonchev–Trinajstić information content (AvgIpc) is 2.15. The van der Waals surface area contributed by atoms with Gasteiger partial charge < -0.3 is 9.53 Å². The van der Waals surface area contributed by atoms with E-state index in [2.05, 4.69) is 47.7 Å². The summed E-state index contributed by atoms with van der Waals surface area (Å²) < 4.78 is 6.03. The van der Waals surface area contributed by atoms with Crippen molar-refractivity contribution in [3.8, 4) is 0 Å². The standard InChI is InChI=1S/C13H30O2Si/c1-8-11(9-2)12(14)10-15-16(6,7)13(3,4)5/h11-12,14H,8-10H2,1-7H3. The van der Waals surface area contributed by atoms with Crippen LogP contribution in [0.1, 0.15) is 47.5 Å². The van der Waals surface area contributed by atoms with Crippen LogP contribution in [0, 0.1) is 5.92 Å². The second-order valence-corrected chi connectivity index (χ2v) is 11.0. The van der Waals surface area contributed by atoms with Crippen molar-refractivity contribution in [1.82, 2.24) is 0 Å². The van der Waals surface area contributed by atoms with Gasteiger partial charge in [0.2, 0.25) is 0 Å². The second kappa shape index (κ2) is 6.17. The molecule has 0 heterocycles. The highest BCUT2D eigenvalue weighted by Gasteiger charge is 2.37. The summed E-state index contributed by atoms with van der Waals surface area (Å²) in [5, 5.41) is 10.3. The van der Waals surface area contributed by atoms with Crippen LogP contribution >= 0.6 is 0 Å². The summed E-state index contributed by atoms with van der Waals surface area (Å²) in [5.41, 5.74) is 0. The summed E-state index contributed by atoms with van der Waals surface area (Å²) in [6.45, 7) is 15.9. The van der Waals surface area contributed by atoms with E-state index in [1.165, 1.54) is 0 Å². The number of aliphatic hydroxyl groups is 1. The van der Waals surface area contributed by atoms with Crippen LogP contribution < -0.4 is 0 Å². The van der Waals surface area contributed by atoms with Gasteiger partial charge in [0.05, 0.1) is 12.7 Å². The van der Waals surface area contributed by atoms with Gasteiger partial charge in [-0.25, -0.2) is 0 Å². The van der Waals surface area contributed by atoms with E-state index in [1.54, 1.807) is 0 Å². The molecule has 0 aliphatic carbocycles. The van der Waals surface area contributed by atoms with Gasteiger partial charge >= 0.3 is 0 Å². The summed E-state index contributed by atoms with van der Waals surface area (Å²) in [7, 11) is -1.70. The average molecular weight is 246 g/mol. The minimum Gasteiger partial charge on any atom is -0.414 e. The minimum absolute atomic E-state index is 0.223. The molecule has 0 aromatic carbocycles. The Hall–Kier alpha value is 0.137. The third-order valence-corrected chi connectivity index (χ3v) is 8.51. The van der Waals surface area contributed by atoms with E-state index in [0.717, 1.165) is 12.8 Å². The maximum Gasteiger partial charge on any atom is 0.192 e. The van der Waals surface area contributed by atoms with Crippen LogP contribution in [-0.2, 0) is 4.43 Å². The molecule has 0 aromatic rings. The number of hydrogen-bond donors (Lipinski definition) is 1. The molecule has 0 bridgehead atoms. The lowest BCUT2D eigenvalue weighted by Crippen LogP contribution is -2.43. The summed E-state index contributed by atoms with van der Waals surface area (Å²) >= 11 is 0. The van der Waals surface area contributed by atoms with Crippen molar-refractivity contribution in [2.24, 2.45) is 5.92 Å². The van der Waals surface area contributed by atoms with Crippen LogP contribution in [-0.4, -0.2) is 26.1 Å². The van der Waals surface area contributed by atoms with E-state index >= 15 is 0 Å². The van der Waals surface area contributed by atoms with Crippen LogP contribution in [0.15, 0.2) is 0 Å². The van der Waals surface area contributed by atoms with Gasteiger partial charge in [-0.05, 0) is 24.1 Å². The molecule has 0 saturated heterocycles. The van der Waals surface area contributed by atoms with Crippen LogP contribution in [0.4, 0.5) is 0 Å². The maximum atomic E-state index is 10.0. The summed E-state index contributed by atoms with van der Waals surface area (Å²) in [6.07, 6.45) is 1.75. The van der Waals surface area contributed by atoms with Crippen molar-refractivity contribution in [1.29, 1.82) is 0 Å². The van der Waals surface area contributed by atoms with Crippen molar-refractivity contribution in [3.63, 3.8) is 0 Å². The molecule has 0 aromatic heterocycles. The Morgan fingerprint density at radius 2 is 1.56 bits per heavy atom. The van der Waals surface area contributed by atoms with Crippen LogP contribution in [0.3, 0.4) is 0 Å². The van der Waals surface area contributed by atoms with Crippen molar-refractivity contribution >= 4 is 8.32 Å². The Kier molecular flexibility index (Phi) is 6.23. The van der Waals surface area contributed by atoms with Crippen molar-refractivity contribution in [3.05, 3.63) is 0 Å². The molecule has 0 saturated carbocycles. The van der Waals surface area contributed by atoms with Gasteiger partial charge in [-0.1, -0.05) is 47.5 Å². The van der Waals surface area contributed by atoms with E-state index < -0.39 is 8.32 Å². The summed E-state index contributed by atoms with van der Waals surface area (Å²) in [6, 6.07) is 0. The number of rotatable bonds is 6. The van der Waals surface area contributed by atoms with Gasteiger partial charge in [0.15, 0.2) is 8.32 Å². The molecule has 1 atom stereocenters. The van der Waals surface area contributed by atoms with Gasteiger partial charge in [0, 0.05) is 0 Å². The molecule has 1 unspecified atom stereocenters. The molecular weight excluding hydrogens is 216 g/mol. The smallest absolute Gasteiger partial charge is 0.192 e. The van der Waals surface area contributed by atoms with Gasteiger partial charge in [0.25, 0.3) is 0 Å². The first kappa shape index (κ1) is 16.1. The fraction of sp³-hybridized carbons (Fsp3) is 1.00. The molecule has 0 fully saturated rings. The van der Waals surface area contributed by atoms with Gasteiger partial charge in [-0.2, -0.15) is 0 Å². The number of aliphatic hydroxyl groups excluding tert-OH is 1. The first-order valence-corrected chi connectivity index (χ1v) is 9.38. The zero-order valence-electron chi connectivity index (χ0n) is 12.1. The Bertz CT molecular complexity index is 193. The normalized spacial score (nSPS) is 15.6. The van der Waals surface area contributed by atoms with E-state index in [-0.39, 0.29) is 11.1 Å². The second-order valence-electron chi connectivity index (χ2n) is 6.22. The largest absolute Gasteiger partial charge is 0.414 e. The predicted octanol–water partition coefficient (Wildman–Crippen LogP) is 3.81. The molecular formula is C13H30O2Si. The molecule has 3 heteroatoms. The molecule has 98 valence electrons. The molecule has 0 rings (SSSR count). The van der Waals surface area contributed by atoms with Gasteiger partial charge in [0.1, 0.15) is 0 Å². The highest BCUT2D eigenvalue weighted by Crippen LogP contribution is 2.36. The molecule has 0 radical (unpaired) electrons. The van der Waals surface area contributed by atoms with E-state index in [0.29, 0.717) is 12.5 Å². The predicted molar refractivity (Wildman–Crippen MR) is 73.2 cm³/mol. The molecule has 0 aliphatic rings. The van der Waals surface area contributed by atoms with Gasteiger partial charge in [-0.3, -0.25) is 0 Å². The minimum atomic E-state index is -1.70. The van der Waals surface area contributed by atoms with Crippen molar-refractivity contribution in [2.75, 3.05) is 6.61 Å². The van der Waals surface area contributed by atoms with Gasteiger partial charge in [-0.15, -0.1) is 0 Å². The van der Waals surface area contributed by atoms with Crippen LogP contribution in [0.2, 0.25) is 18.1 Å².